The van der Waals surface area contributed by atoms with E-state index in [1.54, 1.807) is 12.1 Å². The summed E-state index contributed by atoms with van der Waals surface area (Å²) in [5, 5.41) is 14.9. The maximum Gasteiger partial charge on any atom is 0.314 e. The maximum absolute atomic E-state index is 11.8. The number of likely N-dealkylation sites (N-methyl/N-ethyl adjacent to an activating group) is 1. The third-order valence-corrected chi connectivity index (χ3v) is 3.70. The average molecular weight is 336 g/mol. The second-order valence-corrected chi connectivity index (χ2v) is 5.71. The van der Waals surface area contributed by atoms with Gasteiger partial charge in [-0.05, 0) is 38.2 Å². The number of aromatic hydroxyl groups is 1. The Morgan fingerprint density at radius 1 is 1.29 bits per heavy atom. The molecule has 2 amide bonds. The van der Waals surface area contributed by atoms with Crippen LogP contribution in [0, 0.1) is 0 Å². The number of urea groups is 1. The number of rotatable bonds is 9. The second kappa shape index (κ2) is 10.3. The van der Waals surface area contributed by atoms with Crippen LogP contribution >= 0.6 is 0 Å². The van der Waals surface area contributed by atoms with E-state index in [4.69, 9.17) is 11.6 Å². The Hall–Kier alpha value is -2.45. The van der Waals surface area contributed by atoms with Crippen LogP contribution in [0.4, 0.5) is 4.79 Å². The number of hydrogen-bond acceptors (Lipinski definition) is 6. The zero-order valence-corrected chi connectivity index (χ0v) is 14.2. The molecule has 1 aromatic carbocycles. The molecule has 1 aromatic rings. The minimum Gasteiger partial charge on any atom is -0.508 e. The molecule has 1 atom stereocenters. The highest BCUT2D eigenvalue weighted by Gasteiger charge is 2.13. The number of nitrogens with zero attached hydrogens (tertiary/aromatic N) is 1. The highest BCUT2D eigenvalue weighted by atomic mass is 16.3. The summed E-state index contributed by atoms with van der Waals surface area (Å²) in [6.07, 6.45) is 2.68. The fourth-order valence-corrected chi connectivity index (χ4v) is 2.13. The molecule has 24 heavy (non-hydrogen) atoms. The number of phenols is 1. The van der Waals surface area contributed by atoms with Gasteiger partial charge in [0.25, 0.3) is 0 Å². The molecule has 8 N–H and O–H groups in total. The number of hydrogen-bond donors (Lipinski definition) is 6. The Balaban J connectivity index is 2.40. The lowest BCUT2D eigenvalue weighted by molar-refractivity contribution is 0.232. The monoisotopic (exact) mass is 336 g/mol. The third kappa shape index (κ3) is 7.21. The van der Waals surface area contributed by atoms with E-state index in [2.05, 4.69) is 21.0 Å². The summed E-state index contributed by atoms with van der Waals surface area (Å²) in [6.45, 7) is 0.943. The largest absolute Gasteiger partial charge is 0.508 e. The number of amides is 2. The van der Waals surface area contributed by atoms with Crippen LogP contribution in [0.25, 0.3) is 0 Å². The van der Waals surface area contributed by atoms with E-state index in [1.165, 1.54) is 6.20 Å². The topological polar surface area (TPSA) is 129 Å². The molecule has 0 spiro atoms. The van der Waals surface area contributed by atoms with Gasteiger partial charge in [-0.3, -0.25) is 5.84 Å². The van der Waals surface area contributed by atoms with E-state index in [-0.39, 0.29) is 17.8 Å². The van der Waals surface area contributed by atoms with Crippen LogP contribution in [0.5, 0.6) is 5.75 Å². The first-order valence-corrected chi connectivity index (χ1v) is 7.79. The van der Waals surface area contributed by atoms with Crippen molar-refractivity contribution in [2.45, 2.75) is 18.9 Å². The van der Waals surface area contributed by atoms with Crippen molar-refractivity contribution >= 4 is 6.03 Å². The Morgan fingerprint density at radius 2 is 1.96 bits per heavy atom. The van der Waals surface area contributed by atoms with Crippen LogP contribution in [0.2, 0.25) is 0 Å². The summed E-state index contributed by atoms with van der Waals surface area (Å²) in [7, 11) is 3.94. The van der Waals surface area contributed by atoms with E-state index in [1.807, 2.05) is 26.2 Å². The molecule has 1 unspecified atom stereocenters. The normalized spacial score (nSPS) is 12.8. The van der Waals surface area contributed by atoms with Gasteiger partial charge in [0.2, 0.25) is 0 Å². The molecule has 0 bridgehead atoms. The molecule has 1 rings (SSSR count). The highest BCUT2D eigenvalue weighted by Crippen LogP contribution is 2.12. The zero-order valence-electron chi connectivity index (χ0n) is 14.2. The number of benzene rings is 1. The second-order valence-electron chi connectivity index (χ2n) is 5.71. The predicted molar refractivity (Wildman–Crippen MR) is 94.9 cm³/mol. The van der Waals surface area contributed by atoms with E-state index in [0.29, 0.717) is 25.2 Å². The lowest BCUT2D eigenvalue weighted by Crippen LogP contribution is -2.45. The quantitative estimate of drug-likeness (QED) is 0.274. The number of phenolic OH excluding ortho intramolecular Hbond substituents is 1. The Bertz CT molecular complexity index is 530. The summed E-state index contributed by atoms with van der Waals surface area (Å²) in [5.41, 5.74) is 9.58. The molecular weight excluding hydrogens is 308 g/mol. The van der Waals surface area contributed by atoms with Gasteiger partial charge in [0.05, 0.1) is 0 Å². The number of carbonyl (C=O) groups is 1. The highest BCUT2D eigenvalue weighted by molar-refractivity contribution is 5.73. The first kappa shape index (κ1) is 19.6. The van der Waals surface area contributed by atoms with Crippen LogP contribution in [0.1, 0.15) is 12.0 Å². The van der Waals surface area contributed by atoms with E-state index in [9.17, 15) is 9.90 Å². The van der Waals surface area contributed by atoms with Gasteiger partial charge in [-0.1, -0.05) is 12.1 Å². The van der Waals surface area contributed by atoms with E-state index in [0.717, 1.165) is 12.0 Å². The van der Waals surface area contributed by atoms with Gasteiger partial charge < -0.3 is 31.8 Å². The van der Waals surface area contributed by atoms with Gasteiger partial charge >= 0.3 is 6.03 Å². The Morgan fingerprint density at radius 3 is 2.50 bits per heavy atom. The summed E-state index contributed by atoms with van der Waals surface area (Å²) >= 11 is 0. The summed E-state index contributed by atoms with van der Waals surface area (Å²) < 4.78 is 0. The summed E-state index contributed by atoms with van der Waals surface area (Å²) in [5.74, 6) is 5.51. The number of nitrogens with one attached hydrogen (secondary N) is 3. The minimum atomic E-state index is -0.235. The minimum absolute atomic E-state index is 0.144. The lowest BCUT2D eigenvalue weighted by atomic mass is 10.1. The van der Waals surface area contributed by atoms with Crippen molar-refractivity contribution in [1.29, 1.82) is 0 Å². The van der Waals surface area contributed by atoms with E-state index < -0.39 is 0 Å². The van der Waals surface area contributed by atoms with Gasteiger partial charge in [-0.2, -0.15) is 0 Å². The standard InChI is InChI=1S/C16H28N6O2/c1-22(2)14(9-12-3-5-15(23)6-4-12)11-20-16(24)19-8-7-13(10-17)21-18/h3-6,10,14,21,23H,7-9,11,17-18H2,1-2H3,(H2,19,20,24). The Kier molecular flexibility index (Phi) is 8.45. The van der Waals surface area contributed by atoms with Gasteiger partial charge in [0.1, 0.15) is 5.75 Å². The lowest BCUT2D eigenvalue weighted by Gasteiger charge is -2.25. The van der Waals surface area contributed by atoms with Crippen molar-refractivity contribution < 1.29 is 9.90 Å². The molecule has 134 valence electrons. The summed E-state index contributed by atoms with van der Waals surface area (Å²) in [4.78, 5) is 13.9. The molecule has 0 aromatic heterocycles. The van der Waals surface area contributed by atoms with Gasteiger partial charge in [0.15, 0.2) is 0 Å². The Labute approximate surface area is 142 Å². The van der Waals surface area contributed by atoms with Crippen molar-refractivity contribution in [3.8, 4) is 5.75 Å². The molecule has 8 nitrogen and oxygen atoms in total. The molecule has 8 heteroatoms. The summed E-state index contributed by atoms with van der Waals surface area (Å²) in [6, 6.07) is 7.00. The van der Waals surface area contributed by atoms with Crippen molar-refractivity contribution in [2.24, 2.45) is 11.6 Å². The molecule has 0 saturated carbocycles. The zero-order chi connectivity index (χ0) is 17.9. The molecule has 0 aliphatic rings. The number of carbonyl (C=O) groups excluding carboxylic acids is 1. The van der Waals surface area contributed by atoms with Crippen molar-refractivity contribution in [2.75, 3.05) is 27.2 Å². The molecule has 0 saturated heterocycles. The van der Waals surface area contributed by atoms with Crippen LogP contribution < -0.4 is 27.6 Å². The number of hydrazine groups is 1. The first-order valence-electron chi connectivity index (χ1n) is 7.79. The smallest absolute Gasteiger partial charge is 0.314 e. The van der Waals surface area contributed by atoms with Crippen molar-refractivity contribution in [3.63, 3.8) is 0 Å². The van der Waals surface area contributed by atoms with Crippen LogP contribution in [-0.4, -0.2) is 49.3 Å². The molecule has 0 aliphatic carbocycles. The first-order chi connectivity index (χ1) is 11.5. The molecule has 0 fully saturated rings. The van der Waals surface area contributed by atoms with Gasteiger partial charge in [-0.15, -0.1) is 0 Å². The predicted octanol–water partition coefficient (Wildman–Crippen LogP) is -0.182. The van der Waals surface area contributed by atoms with Crippen molar-refractivity contribution in [3.05, 3.63) is 41.7 Å². The SMILES string of the molecule is CN(C)C(CNC(=O)NCCC(=CN)NN)Cc1ccc(O)cc1. The molecule has 0 heterocycles. The third-order valence-electron chi connectivity index (χ3n) is 3.70. The maximum atomic E-state index is 11.8. The average Bonchev–Trinajstić information content (AvgIpc) is 2.57. The van der Waals surface area contributed by atoms with Crippen LogP contribution in [0.3, 0.4) is 0 Å². The van der Waals surface area contributed by atoms with Gasteiger partial charge in [-0.25, -0.2) is 4.79 Å². The number of nitrogens with two attached hydrogens (primary N) is 2. The molecular formula is C16H28N6O2. The molecule has 0 aliphatic heterocycles. The van der Waals surface area contributed by atoms with E-state index >= 15 is 0 Å². The van der Waals surface area contributed by atoms with Crippen molar-refractivity contribution in [1.82, 2.24) is 21.0 Å². The fourth-order valence-electron chi connectivity index (χ4n) is 2.13. The molecule has 0 radical (unpaired) electrons. The fraction of sp³-hybridized carbons (Fsp3) is 0.438. The van der Waals surface area contributed by atoms with Crippen LogP contribution in [0.15, 0.2) is 36.2 Å². The van der Waals surface area contributed by atoms with Gasteiger partial charge in [0, 0.05) is 37.4 Å². The van der Waals surface area contributed by atoms with Crippen LogP contribution in [-0.2, 0) is 6.42 Å².